The Hall–Kier alpha value is -2.04. The van der Waals surface area contributed by atoms with Gasteiger partial charge in [0.25, 0.3) is 11.6 Å². The summed E-state index contributed by atoms with van der Waals surface area (Å²) in [6, 6.07) is 8.46. The van der Waals surface area contributed by atoms with Gasteiger partial charge in [-0.1, -0.05) is 6.07 Å². The molecule has 0 spiro atoms. The summed E-state index contributed by atoms with van der Waals surface area (Å²) in [4.78, 5) is 22.2. The number of non-ortho nitro benzene ring substituents is 1. The van der Waals surface area contributed by atoms with Crippen LogP contribution < -0.4 is 10.6 Å². The molecule has 124 valence electrons. The lowest BCUT2D eigenvalue weighted by Crippen LogP contribution is -2.34. The fourth-order valence-corrected chi connectivity index (χ4v) is 3.13. The van der Waals surface area contributed by atoms with Crippen LogP contribution in [-0.2, 0) is 0 Å². The van der Waals surface area contributed by atoms with Crippen molar-refractivity contribution in [1.82, 2.24) is 5.32 Å². The van der Waals surface area contributed by atoms with Gasteiger partial charge in [-0.25, -0.2) is 0 Å². The van der Waals surface area contributed by atoms with Crippen molar-refractivity contribution in [3.8, 4) is 5.75 Å². The molecular formula is C14H9Br2N3O4S. The van der Waals surface area contributed by atoms with Crippen LogP contribution in [0.5, 0.6) is 5.75 Å². The monoisotopic (exact) mass is 473 g/mol. The van der Waals surface area contributed by atoms with E-state index >= 15 is 0 Å². The second-order valence-corrected chi connectivity index (χ2v) is 6.62. The molecule has 2 aromatic carbocycles. The highest BCUT2D eigenvalue weighted by Crippen LogP contribution is 2.35. The van der Waals surface area contributed by atoms with Crippen LogP contribution in [0.3, 0.4) is 0 Å². The number of thiocarbonyl (C=S) groups is 1. The first-order valence-electron chi connectivity index (χ1n) is 6.32. The quantitative estimate of drug-likeness (QED) is 0.269. The smallest absolute Gasteiger partial charge is 0.270 e. The molecule has 2 rings (SSSR count). The highest BCUT2D eigenvalue weighted by molar-refractivity contribution is 9.11. The number of anilines is 1. The van der Waals surface area contributed by atoms with Crippen LogP contribution in [0.2, 0.25) is 0 Å². The molecule has 0 unspecified atom stereocenters. The number of halogens is 2. The van der Waals surface area contributed by atoms with E-state index in [1.165, 1.54) is 18.2 Å². The summed E-state index contributed by atoms with van der Waals surface area (Å²) in [5.41, 5.74) is 0.449. The SMILES string of the molecule is O=C(NC(=S)Nc1cc(Br)c(O)c(Br)c1)c1cccc([N+](=O)[O-])c1. The van der Waals surface area contributed by atoms with E-state index in [4.69, 9.17) is 12.2 Å². The largest absolute Gasteiger partial charge is 0.506 e. The number of benzene rings is 2. The molecule has 0 heterocycles. The molecule has 0 radical (unpaired) electrons. The molecule has 0 bridgehead atoms. The number of rotatable bonds is 3. The van der Waals surface area contributed by atoms with Crippen LogP contribution >= 0.6 is 44.1 Å². The van der Waals surface area contributed by atoms with Crippen LogP contribution in [0.25, 0.3) is 0 Å². The molecule has 0 aromatic heterocycles. The van der Waals surface area contributed by atoms with E-state index in [9.17, 15) is 20.0 Å². The molecule has 0 fully saturated rings. The summed E-state index contributed by atoms with van der Waals surface area (Å²) in [5.74, 6) is -0.541. The molecule has 0 aliphatic carbocycles. The third kappa shape index (κ3) is 4.49. The van der Waals surface area contributed by atoms with Gasteiger partial charge >= 0.3 is 0 Å². The molecule has 10 heteroatoms. The Morgan fingerprint density at radius 3 is 2.42 bits per heavy atom. The third-order valence-electron chi connectivity index (χ3n) is 2.82. The number of phenolic OH excluding ortho intramolecular Hbond substituents is 1. The fourth-order valence-electron chi connectivity index (χ4n) is 1.74. The van der Waals surface area contributed by atoms with Gasteiger partial charge in [0.05, 0.1) is 13.9 Å². The van der Waals surface area contributed by atoms with E-state index in [1.807, 2.05) is 0 Å². The van der Waals surface area contributed by atoms with Crippen molar-refractivity contribution >= 4 is 66.5 Å². The molecule has 0 aliphatic rings. The molecule has 0 saturated carbocycles. The van der Waals surface area contributed by atoms with Crippen molar-refractivity contribution in [3.63, 3.8) is 0 Å². The summed E-state index contributed by atoms with van der Waals surface area (Å²) in [5, 5.41) is 25.6. The number of amides is 1. The molecule has 7 nitrogen and oxygen atoms in total. The lowest BCUT2D eigenvalue weighted by atomic mass is 10.2. The van der Waals surface area contributed by atoms with E-state index in [-0.39, 0.29) is 22.1 Å². The first kappa shape index (κ1) is 18.3. The Kier molecular flexibility index (Phi) is 5.86. The highest BCUT2D eigenvalue weighted by atomic mass is 79.9. The zero-order valence-electron chi connectivity index (χ0n) is 11.7. The molecule has 3 N–H and O–H groups in total. The van der Waals surface area contributed by atoms with Gasteiger partial charge in [0.15, 0.2) is 5.11 Å². The van der Waals surface area contributed by atoms with Gasteiger partial charge in [-0.15, -0.1) is 0 Å². The minimum Gasteiger partial charge on any atom is -0.506 e. The van der Waals surface area contributed by atoms with Gasteiger partial charge in [0.2, 0.25) is 0 Å². The highest BCUT2D eigenvalue weighted by Gasteiger charge is 2.13. The molecule has 2 aromatic rings. The van der Waals surface area contributed by atoms with E-state index in [0.717, 1.165) is 6.07 Å². The zero-order valence-corrected chi connectivity index (χ0v) is 15.7. The average Bonchev–Trinajstić information content (AvgIpc) is 2.52. The molecule has 0 atom stereocenters. The van der Waals surface area contributed by atoms with Crippen molar-refractivity contribution in [2.75, 3.05) is 5.32 Å². The van der Waals surface area contributed by atoms with Crippen LogP contribution in [0.4, 0.5) is 11.4 Å². The Labute approximate surface area is 158 Å². The van der Waals surface area contributed by atoms with E-state index in [0.29, 0.717) is 14.6 Å². The topological polar surface area (TPSA) is 104 Å². The maximum atomic E-state index is 12.1. The van der Waals surface area contributed by atoms with Crippen molar-refractivity contribution in [2.45, 2.75) is 0 Å². The minimum atomic E-state index is -0.584. The predicted octanol–water partition coefficient (Wildman–Crippen LogP) is 3.95. The lowest BCUT2D eigenvalue weighted by Gasteiger charge is -2.11. The maximum Gasteiger partial charge on any atom is 0.270 e. The number of nitro groups is 1. The molecular weight excluding hydrogens is 466 g/mol. The van der Waals surface area contributed by atoms with Gasteiger partial charge in [0, 0.05) is 23.4 Å². The molecule has 1 amide bonds. The van der Waals surface area contributed by atoms with Crippen molar-refractivity contribution < 1.29 is 14.8 Å². The first-order valence-corrected chi connectivity index (χ1v) is 8.32. The minimum absolute atomic E-state index is 0.0102. The number of nitrogens with zero attached hydrogens (tertiary/aromatic N) is 1. The standard InChI is InChI=1S/C14H9Br2N3O4S/c15-10-5-8(6-11(16)12(10)20)17-14(24)18-13(21)7-2-1-3-9(4-7)19(22)23/h1-6,20H,(H2,17,18,21,24). The van der Waals surface area contributed by atoms with E-state index in [1.54, 1.807) is 12.1 Å². The van der Waals surface area contributed by atoms with Crippen LogP contribution in [0.15, 0.2) is 45.3 Å². The average molecular weight is 475 g/mol. The molecule has 0 aliphatic heterocycles. The Morgan fingerprint density at radius 1 is 1.21 bits per heavy atom. The summed E-state index contributed by atoms with van der Waals surface area (Å²) in [7, 11) is 0. The number of aromatic hydroxyl groups is 1. The Balaban J connectivity index is 2.08. The Bertz CT molecular complexity index is 822. The number of carbonyl (C=O) groups excluding carboxylic acids is 1. The Morgan fingerprint density at radius 2 is 1.83 bits per heavy atom. The normalized spacial score (nSPS) is 10.1. The van der Waals surface area contributed by atoms with Crippen LogP contribution in [0.1, 0.15) is 10.4 Å². The van der Waals surface area contributed by atoms with Crippen LogP contribution in [0, 0.1) is 10.1 Å². The summed E-state index contributed by atoms with van der Waals surface area (Å²) < 4.78 is 0.874. The maximum absolute atomic E-state index is 12.1. The first-order chi connectivity index (χ1) is 11.3. The van der Waals surface area contributed by atoms with Crippen molar-refractivity contribution in [2.24, 2.45) is 0 Å². The number of nitro benzene ring substituents is 1. The van der Waals surface area contributed by atoms with Gasteiger partial charge in [-0.05, 0) is 62.3 Å². The van der Waals surface area contributed by atoms with E-state index < -0.39 is 10.8 Å². The number of phenols is 1. The molecule has 24 heavy (non-hydrogen) atoms. The molecule has 0 saturated heterocycles. The van der Waals surface area contributed by atoms with Crippen molar-refractivity contribution in [3.05, 3.63) is 61.0 Å². The number of hydrogen-bond acceptors (Lipinski definition) is 5. The zero-order chi connectivity index (χ0) is 17.9. The number of nitrogens with one attached hydrogen (secondary N) is 2. The van der Waals surface area contributed by atoms with Gasteiger partial charge in [-0.2, -0.15) is 0 Å². The fraction of sp³-hybridized carbons (Fsp3) is 0. The third-order valence-corrected chi connectivity index (χ3v) is 4.23. The summed E-state index contributed by atoms with van der Waals surface area (Å²) >= 11 is 11.4. The summed E-state index contributed by atoms with van der Waals surface area (Å²) in [6.45, 7) is 0. The second-order valence-electron chi connectivity index (χ2n) is 4.50. The van der Waals surface area contributed by atoms with Gasteiger partial charge < -0.3 is 10.4 Å². The predicted molar refractivity (Wildman–Crippen MR) is 100 cm³/mol. The number of hydrogen-bond donors (Lipinski definition) is 3. The van der Waals surface area contributed by atoms with Crippen LogP contribution in [-0.4, -0.2) is 21.0 Å². The van der Waals surface area contributed by atoms with Crippen molar-refractivity contribution in [1.29, 1.82) is 0 Å². The van der Waals surface area contributed by atoms with Gasteiger partial charge in [-0.3, -0.25) is 20.2 Å². The second kappa shape index (κ2) is 7.69. The number of carbonyl (C=O) groups is 1. The van der Waals surface area contributed by atoms with E-state index in [2.05, 4.69) is 42.5 Å². The lowest BCUT2D eigenvalue weighted by molar-refractivity contribution is -0.384. The summed E-state index contributed by atoms with van der Waals surface area (Å²) in [6.07, 6.45) is 0. The van der Waals surface area contributed by atoms with Gasteiger partial charge in [0.1, 0.15) is 5.75 Å².